The summed E-state index contributed by atoms with van der Waals surface area (Å²) in [5.41, 5.74) is 0.475. The van der Waals surface area contributed by atoms with E-state index >= 15 is 0 Å². The zero-order valence-electron chi connectivity index (χ0n) is 10.8. The lowest BCUT2D eigenvalue weighted by Gasteiger charge is -2.41. The van der Waals surface area contributed by atoms with Crippen LogP contribution in [-0.4, -0.2) is 51.2 Å². The average Bonchev–Trinajstić information content (AvgIpc) is 3.00. The van der Waals surface area contributed by atoms with Crippen LogP contribution in [0.3, 0.4) is 0 Å². The molecule has 2 aliphatic rings. The molecule has 0 radical (unpaired) electrons. The van der Waals surface area contributed by atoms with Gasteiger partial charge in [-0.25, -0.2) is 8.42 Å². The number of thiophene rings is 1. The van der Waals surface area contributed by atoms with Crippen molar-refractivity contribution in [2.75, 3.05) is 33.0 Å². The molecule has 0 aromatic carbocycles. The van der Waals surface area contributed by atoms with Gasteiger partial charge in [0.25, 0.3) is 10.0 Å². The van der Waals surface area contributed by atoms with Gasteiger partial charge in [0, 0.05) is 13.2 Å². The molecule has 1 aromatic heterocycles. The summed E-state index contributed by atoms with van der Waals surface area (Å²) in [6.07, 6.45) is 0.705. The Kier molecular flexibility index (Phi) is 3.43. The normalized spacial score (nSPS) is 29.1. The number of aryl methyl sites for hydroxylation is 1. The van der Waals surface area contributed by atoms with Gasteiger partial charge < -0.3 is 9.47 Å². The molecule has 1 unspecified atom stereocenters. The maximum Gasteiger partial charge on any atom is 0.253 e. The topological polar surface area (TPSA) is 55.8 Å². The Bertz CT molecular complexity index is 560. The second kappa shape index (κ2) is 4.82. The zero-order chi connectivity index (χ0) is 13.5. The average molecular weight is 303 g/mol. The number of rotatable bonds is 2. The third kappa shape index (κ3) is 2.23. The first kappa shape index (κ1) is 13.5. The minimum Gasteiger partial charge on any atom is -0.379 e. The largest absolute Gasteiger partial charge is 0.379 e. The molecular weight excluding hydrogens is 286 g/mol. The van der Waals surface area contributed by atoms with Crippen LogP contribution < -0.4 is 0 Å². The van der Waals surface area contributed by atoms with E-state index in [2.05, 4.69) is 0 Å². The van der Waals surface area contributed by atoms with Crippen molar-refractivity contribution in [3.8, 4) is 0 Å². The van der Waals surface area contributed by atoms with Crippen molar-refractivity contribution in [3.63, 3.8) is 0 Å². The van der Waals surface area contributed by atoms with E-state index in [9.17, 15) is 8.42 Å². The Morgan fingerprint density at radius 3 is 2.63 bits per heavy atom. The molecule has 2 aliphatic heterocycles. The van der Waals surface area contributed by atoms with Crippen LogP contribution in [0.2, 0.25) is 0 Å². The quantitative estimate of drug-likeness (QED) is 0.825. The van der Waals surface area contributed by atoms with Gasteiger partial charge in [-0.3, -0.25) is 0 Å². The summed E-state index contributed by atoms with van der Waals surface area (Å²) in [4.78, 5) is 0. The van der Waals surface area contributed by atoms with E-state index in [-0.39, 0.29) is 0 Å². The first-order valence-corrected chi connectivity index (χ1v) is 8.60. The molecule has 1 aromatic rings. The second-order valence-corrected chi connectivity index (χ2v) is 8.10. The van der Waals surface area contributed by atoms with Gasteiger partial charge in [-0.1, -0.05) is 0 Å². The minimum atomic E-state index is -3.44. The molecule has 5 nitrogen and oxygen atoms in total. The second-order valence-electron chi connectivity index (χ2n) is 5.10. The number of ether oxygens (including phenoxy) is 2. The molecule has 106 valence electrons. The van der Waals surface area contributed by atoms with Crippen molar-refractivity contribution in [2.24, 2.45) is 0 Å². The number of nitrogens with zero attached hydrogens (tertiary/aromatic N) is 1. The third-order valence-electron chi connectivity index (χ3n) is 3.67. The summed E-state index contributed by atoms with van der Waals surface area (Å²) in [6.45, 7) is 4.21. The first-order chi connectivity index (χ1) is 9.05. The number of morpholine rings is 1. The van der Waals surface area contributed by atoms with Gasteiger partial charge in [-0.15, -0.1) is 11.3 Å². The first-order valence-electron chi connectivity index (χ1n) is 6.28. The highest BCUT2D eigenvalue weighted by atomic mass is 32.2. The molecule has 0 aliphatic carbocycles. The van der Waals surface area contributed by atoms with E-state index < -0.39 is 15.6 Å². The smallest absolute Gasteiger partial charge is 0.253 e. The molecule has 0 N–H and O–H groups in total. The van der Waals surface area contributed by atoms with Gasteiger partial charge in [0.05, 0.1) is 25.4 Å². The predicted molar refractivity (Wildman–Crippen MR) is 71.9 cm³/mol. The molecule has 0 amide bonds. The molecule has 1 atom stereocenters. The van der Waals surface area contributed by atoms with Gasteiger partial charge in [0.1, 0.15) is 4.21 Å². The third-order valence-corrected chi connectivity index (χ3v) is 7.21. The fourth-order valence-electron chi connectivity index (χ4n) is 2.65. The van der Waals surface area contributed by atoms with E-state index in [0.29, 0.717) is 43.6 Å². The molecule has 3 heterocycles. The molecular formula is C12H17NO4S2. The van der Waals surface area contributed by atoms with Crippen LogP contribution in [0.1, 0.15) is 12.0 Å². The van der Waals surface area contributed by atoms with Crippen molar-refractivity contribution in [1.82, 2.24) is 4.31 Å². The fourth-order valence-corrected chi connectivity index (χ4v) is 5.75. The summed E-state index contributed by atoms with van der Waals surface area (Å²) < 4.78 is 38.5. The Hall–Kier alpha value is -0.470. The highest BCUT2D eigenvalue weighted by molar-refractivity contribution is 7.91. The van der Waals surface area contributed by atoms with Crippen LogP contribution in [0.5, 0.6) is 0 Å². The Morgan fingerprint density at radius 2 is 2.05 bits per heavy atom. The Labute approximate surface area is 117 Å². The van der Waals surface area contributed by atoms with Crippen LogP contribution >= 0.6 is 11.3 Å². The predicted octanol–water partition coefficient (Wildman–Crippen LogP) is 1.24. The summed E-state index contributed by atoms with van der Waals surface area (Å²) in [5, 5.41) is 1.87. The number of sulfonamides is 1. The highest BCUT2D eigenvalue weighted by Crippen LogP contribution is 2.35. The number of hydrogen-bond donors (Lipinski definition) is 0. The zero-order valence-corrected chi connectivity index (χ0v) is 12.4. The van der Waals surface area contributed by atoms with E-state index in [4.69, 9.17) is 9.47 Å². The van der Waals surface area contributed by atoms with E-state index in [0.717, 1.165) is 5.56 Å². The van der Waals surface area contributed by atoms with Crippen LogP contribution in [0.4, 0.5) is 0 Å². The fraction of sp³-hybridized carbons (Fsp3) is 0.667. The van der Waals surface area contributed by atoms with E-state index in [1.807, 2.05) is 12.3 Å². The summed E-state index contributed by atoms with van der Waals surface area (Å²) in [6, 6.07) is 1.74. The standard InChI is InChI=1S/C12H17NO4S2/c1-10-6-11(18-7-10)19(14,15)13-3-5-17-9-12(13)2-4-16-8-12/h6-7H,2-5,8-9H2,1H3. The minimum absolute atomic E-state index is 0.405. The molecule has 2 fully saturated rings. The molecule has 7 heteroatoms. The monoisotopic (exact) mass is 303 g/mol. The molecule has 0 bridgehead atoms. The molecule has 3 rings (SSSR count). The number of hydrogen-bond acceptors (Lipinski definition) is 5. The molecule has 0 saturated carbocycles. The van der Waals surface area contributed by atoms with E-state index in [1.165, 1.54) is 11.3 Å². The maximum absolute atomic E-state index is 12.8. The summed E-state index contributed by atoms with van der Waals surface area (Å²) >= 11 is 1.28. The maximum atomic E-state index is 12.8. The van der Waals surface area contributed by atoms with Crippen LogP contribution in [-0.2, 0) is 19.5 Å². The van der Waals surface area contributed by atoms with Crippen molar-refractivity contribution >= 4 is 21.4 Å². The SMILES string of the molecule is Cc1csc(S(=O)(=O)N2CCOCC23CCOC3)c1. The van der Waals surface area contributed by atoms with Crippen molar-refractivity contribution in [1.29, 1.82) is 0 Å². The van der Waals surface area contributed by atoms with E-state index in [1.54, 1.807) is 10.4 Å². The molecule has 1 spiro atoms. The lowest BCUT2D eigenvalue weighted by molar-refractivity contribution is -0.0292. The molecule has 2 saturated heterocycles. The Morgan fingerprint density at radius 1 is 1.32 bits per heavy atom. The van der Waals surface area contributed by atoms with Gasteiger partial charge in [-0.05, 0) is 30.4 Å². The van der Waals surface area contributed by atoms with Gasteiger partial charge in [0.15, 0.2) is 0 Å². The molecule has 19 heavy (non-hydrogen) atoms. The van der Waals surface area contributed by atoms with Crippen LogP contribution in [0.15, 0.2) is 15.7 Å². The van der Waals surface area contributed by atoms with Crippen LogP contribution in [0.25, 0.3) is 0 Å². The van der Waals surface area contributed by atoms with Crippen molar-refractivity contribution in [3.05, 3.63) is 17.0 Å². The summed E-state index contributed by atoms with van der Waals surface area (Å²) in [5.74, 6) is 0. The van der Waals surface area contributed by atoms with Crippen LogP contribution in [0, 0.1) is 6.92 Å². The van der Waals surface area contributed by atoms with Gasteiger partial charge in [0.2, 0.25) is 0 Å². The summed E-state index contributed by atoms with van der Waals surface area (Å²) in [7, 11) is -3.44. The van der Waals surface area contributed by atoms with Crippen molar-refractivity contribution < 1.29 is 17.9 Å². The lowest BCUT2D eigenvalue weighted by Crippen LogP contribution is -2.59. The van der Waals surface area contributed by atoms with Gasteiger partial charge >= 0.3 is 0 Å². The lowest BCUT2D eigenvalue weighted by atomic mass is 9.99. The van der Waals surface area contributed by atoms with Crippen molar-refractivity contribution in [2.45, 2.75) is 23.1 Å². The Balaban J connectivity index is 1.98. The van der Waals surface area contributed by atoms with Gasteiger partial charge in [-0.2, -0.15) is 4.31 Å². The highest BCUT2D eigenvalue weighted by Gasteiger charge is 2.49.